The van der Waals surface area contributed by atoms with E-state index < -0.39 is 6.10 Å². The number of carbonyl (C=O) groups excluding carboxylic acids is 3. The van der Waals surface area contributed by atoms with E-state index in [1.54, 1.807) is 0 Å². The molecular weight excluding hydrogens is 1010 g/mol. The lowest BCUT2D eigenvalue weighted by Gasteiger charge is -2.18. The third-order valence-corrected chi connectivity index (χ3v) is 13.7. The molecule has 0 spiro atoms. The van der Waals surface area contributed by atoms with Gasteiger partial charge < -0.3 is 14.2 Å². The van der Waals surface area contributed by atoms with Gasteiger partial charge in [0.2, 0.25) is 0 Å². The number of hydrogen-bond acceptors (Lipinski definition) is 6. The van der Waals surface area contributed by atoms with Crippen molar-refractivity contribution in [3.8, 4) is 0 Å². The van der Waals surface area contributed by atoms with E-state index in [0.29, 0.717) is 19.3 Å². The average Bonchev–Trinajstić information content (AvgIpc) is 3.48. The van der Waals surface area contributed by atoms with Gasteiger partial charge in [-0.3, -0.25) is 14.4 Å². The van der Waals surface area contributed by atoms with Crippen LogP contribution in [0.4, 0.5) is 0 Å². The van der Waals surface area contributed by atoms with Gasteiger partial charge in [0.15, 0.2) is 6.10 Å². The van der Waals surface area contributed by atoms with E-state index in [4.69, 9.17) is 14.2 Å². The molecular formula is C76H122O6. The normalized spacial score (nSPS) is 13.2. The molecule has 0 radical (unpaired) electrons. The molecule has 1 atom stereocenters. The molecule has 0 saturated heterocycles. The minimum Gasteiger partial charge on any atom is -0.462 e. The van der Waals surface area contributed by atoms with Crippen molar-refractivity contribution in [2.24, 2.45) is 0 Å². The van der Waals surface area contributed by atoms with Crippen molar-refractivity contribution < 1.29 is 28.6 Å². The summed E-state index contributed by atoms with van der Waals surface area (Å²) >= 11 is 0. The third kappa shape index (κ3) is 65.8. The van der Waals surface area contributed by atoms with Gasteiger partial charge in [0.1, 0.15) is 13.2 Å². The van der Waals surface area contributed by atoms with Crippen molar-refractivity contribution in [3.63, 3.8) is 0 Å². The zero-order valence-corrected chi connectivity index (χ0v) is 52.9. The van der Waals surface area contributed by atoms with E-state index in [1.165, 1.54) is 83.5 Å². The molecule has 6 heteroatoms. The molecule has 1 unspecified atom stereocenters. The molecule has 0 aliphatic rings. The number of unbranched alkanes of at least 4 members (excludes halogenated alkanes) is 22. The summed E-state index contributed by atoms with van der Waals surface area (Å²) in [6.45, 7) is 6.38. The lowest BCUT2D eigenvalue weighted by Crippen LogP contribution is -2.30. The lowest BCUT2D eigenvalue weighted by molar-refractivity contribution is -0.167. The molecule has 6 nitrogen and oxygen atoms in total. The molecule has 0 aromatic rings. The molecule has 0 rings (SSSR count). The minimum absolute atomic E-state index is 0.102. The predicted octanol–water partition coefficient (Wildman–Crippen LogP) is 23.3. The largest absolute Gasteiger partial charge is 0.462 e. The first-order chi connectivity index (χ1) is 40.5. The van der Waals surface area contributed by atoms with Crippen LogP contribution in [0.5, 0.6) is 0 Å². The summed E-state index contributed by atoms with van der Waals surface area (Å²) in [7, 11) is 0. The Morgan fingerprint density at radius 2 is 0.476 bits per heavy atom. The van der Waals surface area contributed by atoms with Crippen LogP contribution < -0.4 is 0 Å². The second-order valence-electron chi connectivity index (χ2n) is 21.6. The number of esters is 3. The van der Waals surface area contributed by atoms with Crippen molar-refractivity contribution in [1.82, 2.24) is 0 Å². The number of carbonyl (C=O) groups is 3. The first-order valence-corrected chi connectivity index (χ1v) is 33.5. The van der Waals surface area contributed by atoms with E-state index in [9.17, 15) is 14.4 Å². The van der Waals surface area contributed by atoms with Crippen LogP contribution in [0.15, 0.2) is 158 Å². The molecule has 0 amide bonds. The second kappa shape index (κ2) is 68.5. The van der Waals surface area contributed by atoms with Crippen molar-refractivity contribution in [2.75, 3.05) is 13.2 Å². The summed E-state index contributed by atoms with van der Waals surface area (Å²) in [5, 5.41) is 0. The Morgan fingerprint density at radius 1 is 0.256 bits per heavy atom. The van der Waals surface area contributed by atoms with E-state index in [1.807, 2.05) is 0 Å². The van der Waals surface area contributed by atoms with Gasteiger partial charge in [0.25, 0.3) is 0 Å². The molecule has 462 valence electrons. The van der Waals surface area contributed by atoms with Gasteiger partial charge in [-0.25, -0.2) is 0 Å². The van der Waals surface area contributed by atoms with Gasteiger partial charge in [0.05, 0.1) is 0 Å². The van der Waals surface area contributed by atoms with E-state index >= 15 is 0 Å². The molecule has 0 aromatic heterocycles. The fraction of sp³-hybridized carbons (Fsp3) is 0.618. The van der Waals surface area contributed by atoms with E-state index in [-0.39, 0.29) is 31.1 Å². The van der Waals surface area contributed by atoms with Gasteiger partial charge in [-0.05, 0) is 148 Å². The quantitative estimate of drug-likeness (QED) is 0.0261. The minimum atomic E-state index is -0.809. The first kappa shape index (κ1) is 77.0. The van der Waals surface area contributed by atoms with Gasteiger partial charge in [0, 0.05) is 19.3 Å². The summed E-state index contributed by atoms with van der Waals surface area (Å²) in [5.74, 6) is -0.954. The average molecular weight is 1130 g/mol. The number of rotatable bonds is 59. The number of ether oxygens (including phenoxy) is 3. The van der Waals surface area contributed by atoms with Gasteiger partial charge in [-0.15, -0.1) is 0 Å². The molecule has 82 heavy (non-hydrogen) atoms. The summed E-state index contributed by atoms with van der Waals surface area (Å²) in [5.41, 5.74) is 0. The maximum atomic E-state index is 12.9. The summed E-state index contributed by atoms with van der Waals surface area (Å²) < 4.78 is 16.9. The van der Waals surface area contributed by atoms with Gasteiger partial charge in [-0.1, -0.05) is 275 Å². The highest BCUT2D eigenvalue weighted by molar-refractivity contribution is 5.71. The molecule has 0 fully saturated rings. The zero-order valence-electron chi connectivity index (χ0n) is 52.9. The van der Waals surface area contributed by atoms with Crippen LogP contribution in [0.25, 0.3) is 0 Å². The first-order valence-electron chi connectivity index (χ1n) is 33.5. The van der Waals surface area contributed by atoms with E-state index in [0.717, 1.165) is 161 Å². The van der Waals surface area contributed by atoms with Gasteiger partial charge in [-0.2, -0.15) is 0 Å². The second-order valence-corrected chi connectivity index (χ2v) is 21.6. The van der Waals surface area contributed by atoms with Crippen molar-refractivity contribution in [1.29, 1.82) is 0 Å². The van der Waals surface area contributed by atoms with Crippen LogP contribution >= 0.6 is 0 Å². The van der Waals surface area contributed by atoms with Gasteiger partial charge >= 0.3 is 17.9 Å². The van der Waals surface area contributed by atoms with Crippen LogP contribution in [-0.4, -0.2) is 37.2 Å². The maximum absolute atomic E-state index is 12.9. The summed E-state index contributed by atoms with van der Waals surface area (Å²) in [4.78, 5) is 38.4. The Morgan fingerprint density at radius 3 is 0.768 bits per heavy atom. The fourth-order valence-corrected chi connectivity index (χ4v) is 8.80. The van der Waals surface area contributed by atoms with Crippen LogP contribution in [0.1, 0.15) is 284 Å². The molecule has 0 aliphatic carbocycles. The highest BCUT2D eigenvalue weighted by Gasteiger charge is 2.19. The number of hydrogen-bond donors (Lipinski definition) is 0. The Balaban J connectivity index is 4.44. The molecule has 0 saturated carbocycles. The molecule has 0 bridgehead atoms. The predicted molar refractivity (Wildman–Crippen MR) is 357 cm³/mol. The standard InChI is InChI=1S/C76H122O6/c1-4-7-10-13-16-19-22-25-28-31-32-33-34-35-36-37-38-39-40-41-42-43-44-46-48-51-54-57-60-63-66-69-75(78)81-72-73(71-80-74(77)68-65-62-59-56-53-50-47-30-27-24-21-18-15-12-9-6-3)82-76(79)70-67-64-61-58-55-52-49-45-29-26-23-20-17-14-11-8-5-2/h7-8,10-11,16-17,19-20,25-26,28-30,32-33,35-36,38-39,41-42,44,46-47,51,54,73H,4-6,9,12-15,18,21-24,27,31,34,37,40,43,45,48-50,52-53,55-72H2,1-3H3/b10-7-,11-8-,19-16-,20-17-,28-25-,29-26-,33-32-,36-35-,39-38-,42-41-,46-44-,47-30-,54-51-. The van der Waals surface area contributed by atoms with Crippen LogP contribution in [0.2, 0.25) is 0 Å². The molecule has 0 aromatic carbocycles. The molecule has 0 N–H and O–H groups in total. The summed E-state index contributed by atoms with van der Waals surface area (Å²) in [6.07, 6.45) is 99.6. The van der Waals surface area contributed by atoms with E-state index in [2.05, 4.69) is 179 Å². The van der Waals surface area contributed by atoms with Crippen molar-refractivity contribution >= 4 is 17.9 Å². The molecule has 0 heterocycles. The highest BCUT2D eigenvalue weighted by Crippen LogP contribution is 2.14. The third-order valence-electron chi connectivity index (χ3n) is 13.7. The van der Waals surface area contributed by atoms with Crippen LogP contribution in [0, 0.1) is 0 Å². The lowest BCUT2D eigenvalue weighted by atomic mass is 10.1. The zero-order chi connectivity index (χ0) is 59.2. The maximum Gasteiger partial charge on any atom is 0.306 e. The number of allylic oxidation sites excluding steroid dienone is 26. The summed E-state index contributed by atoms with van der Waals surface area (Å²) in [6, 6.07) is 0. The van der Waals surface area contributed by atoms with Crippen molar-refractivity contribution in [3.05, 3.63) is 158 Å². The smallest absolute Gasteiger partial charge is 0.306 e. The van der Waals surface area contributed by atoms with Crippen molar-refractivity contribution in [2.45, 2.75) is 290 Å². The Kier molecular flexibility index (Phi) is 64.4. The SMILES string of the molecule is CC/C=C\C/C=C\C/C=C\C/C=C\C/C=C\C/C=C\C/C=C\C/C=C\C/C=C\CCCCCC(=O)OCC(COC(=O)CCCCCCC/C=C\CCCCCCCCC)OC(=O)CCCCCCCCC/C=C\C/C=C\C/C=C\CC. The highest BCUT2D eigenvalue weighted by atomic mass is 16.6. The van der Waals surface area contributed by atoms with Crippen LogP contribution in [-0.2, 0) is 28.6 Å². The Hall–Kier alpha value is -4.97. The topological polar surface area (TPSA) is 78.9 Å². The Bertz CT molecular complexity index is 1830. The fourth-order valence-electron chi connectivity index (χ4n) is 8.80. The van der Waals surface area contributed by atoms with Crippen LogP contribution in [0.3, 0.4) is 0 Å². The monoisotopic (exact) mass is 1130 g/mol. The Labute approximate surface area is 505 Å². The molecule has 0 aliphatic heterocycles.